The number of benzene rings is 1. The zero-order chi connectivity index (χ0) is 17.4. The molecule has 2 heterocycles. The van der Waals surface area contributed by atoms with Crippen LogP contribution in [0.25, 0.3) is 0 Å². The maximum absolute atomic E-state index is 12.7. The number of likely N-dealkylation sites (tertiary alicyclic amines) is 1. The Kier molecular flexibility index (Phi) is 4.12. The second kappa shape index (κ2) is 6.30. The van der Waals surface area contributed by atoms with Gasteiger partial charge < -0.3 is 10.2 Å². The highest BCUT2D eigenvalue weighted by atomic mass is 32.1. The van der Waals surface area contributed by atoms with Crippen LogP contribution in [0.2, 0.25) is 0 Å². The lowest BCUT2D eigenvalue weighted by Gasteiger charge is -2.17. The van der Waals surface area contributed by atoms with Crippen molar-refractivity contribution >= 4 is 23.2 Å². The first-order chi connectivity index (χ1) is 12.1. The highest BCUT2D eigenvalue weighted by molar-refractivity contribution is 7.09. The van der Waals surface area contributed by atoms with Gasteiger partial charge in [-0.2, -0.15) is 0 Å². The molecule has 1 aliphatic heterocycles. The summed E-state index contributed by atoms with van der Waals surface area (Å²) in [6, 6.07) is 11.7. The third-order valence-electron chi connectivity index (χ3n) is 5.49. The maximum Gasteiger partial charge on any atom is 0.253 e. The number of hydrogen-bond acceptors (Lipinski definition) is 3. The van der Waals surface area contributed by atoms with Crippen LogP contribution in [0.15, 0.2) is 41.8 Å². The van der Waals surface area contributed by atoms with Crippen LogP contribution in [-0.2, 0) is 11.3 Å². The standard InChI is InChI=1S/C20H22N2O2S/c1-14-4-6-15(7-5-14)19(24)22-9-8-20(13-22)11-17(20)18(23)21-12-16-3-2-10-25-16/h2-7,10,17H,8-9,11-13H2,1H3,(H,21,23). The largest absolute Gasteiger partial charge is 0.351 e. The highest BCUT2D eigenvalue weighted by Gasteiger charge is 2.61. The van der Waals surface area contributed by atoms with Gasteiger partial charge in [-0.3, -0.25) is 9.59 Å². The van der Waals surface area contributed by atoms with Crippen LogP contribution >= 0.6 is 11.3 Å². The predicted octanol–water partition coefficient (Wildman–Crippen LogP) is 3.23. The number of carbonyl (C=O) groups is 2. The fourth-order valence-corrected chi connectivity index (χ4v) is 4.47. The fraction of sp³-hybridized carbons (Fsp3) is 0.400. The van der Waals surface area contributed by atoms with Crippen molar-refractivity contribution in [2.45, 2.75) is 26.3 Å². The van der Waals surface area contributed by atoms with Gasteiger partial charge in [0, 0.05) is 34.9 Å². The van der Waals surface area contributed by atoms with E-state index < -0.39 is 0 Å². The van der Waals surface area contributed by atoms with Crippen LogP contribution in [0.3, 0.4) is 0 Å². The summed E-state index contributed by atoms with van der Waals surface area (Å²) < 4.78 is 0. The predicted molar refractivity (Wildman–Crippen MR) is 98.4 cm³/mol. The number of thiophene rings is 1. The van der Waals surface area contributed by atoms with E-state index in [0.29, 0.717) is 13.1 Å². The molecule has 130 valence electrons. The second-order valence-corrected chi connectivity index (χ2v) is 8.29. The van der Waals surface area contributed by atoms with Crippen molar-refractivity contribution < 1.29 is 9.59 Å². The minimum atomic E-state index is 0.0138. The second-order valence-electron chi connectivity index (χ2n) is 7.26. The van der Waals surface area contributed by atoms with E-state index in [4.69, 9.17) is 0 Å². The molecule has 4 nitrogen and oxygen atoms in total. The summed E-state index contributed by atoms with van der Waals surface area (Å²) in [5, 5.41) is 5.07. The smallest absolute Gasteiger partial charge is 0.253 e. The van der Waals surface area contributed by atoms with Crippen LogP contribution in [0, 0.1) is 18.3 Å². The Morgan fingerprint density at radius 2 is 2.08 bits per heavy atom. The summed E-state index contributed by atoms with van der Waals surface area (Å²) in [5.41, 5.74) is 1.90. The molecule has 2 amide bonds. The Balaban J connectivity index is 1.34. The number of aryl methyl sites for hydroxylation is 1. The number of amides is 2. The zero-order valence-electron chi connectivity index (χ0n) is 14.3. The number of rotatable bonds is 4. The van der Waals surface area contributed by atoms with Crippen LogP contribution in [0.5, 0.6) is 0 Å². The number of hydrogen-bond donors (Lipinski definition) is 1. The first-order valence-corrected chi connectivity index (χ1v) is 9.61. The van der Waals surface area contributed by atoms with Crippen molar-refractivity contribution in [2.24, 2.45) is 11.3 Å². The van der Waals surface area contributed by atoms with Gasteiger partial charge in [-0.1, -0.05) is 23.8 Å². The Hall–Kier alpha value is -2.14. The van der Waals surface area contributed by atoms with Gasteiger partial charge in [0.2, 0.25) is 5.91 Å². The summed E-state index contributed by atoms with van der Waals surface area (Å²) in [5.74, 6) is 0.280. The molecule has 1 aromatic heterocycles. The van der Waals surface area contributed by atoms with Crippen molar-refractivity contribution in [3.05, 3.63) is 57.8 Å². The van der Waals surface area contributed by atoms with Crippen LogP contribution in [-0.4, -0.2) is 29.8 Å². The van der Waals surface area contributed by atoms with E-state index in [0.717, 1.165) is 30.5 Å². The summed E-state index contributed by atoms with van der Waals surface area (Å²) in [6.07, 6.45) is 1.84. The van der Waals surface area contributed by atoms with Gasteiger partial charge >= 0.3 is 0 Å². The summed E-state index contributed by atoms with van der Waals surface area (Å²) in [4.78, 5) is 28.2. The first kappa shape index (κ1) is 16.3. The molecule has 1 saturated heterocycles. The first-order valence-electron chi connectivity index (χ1n) is 8.73. The molecule has 2 fully saturated rings. The molecule has 1 N–H and O–H groups in total. The minimum absolute atomic E-state index is 0.0138. The molecule has 0 bridgehead atoms. The molecule has 2 unspecified atom stereocenters. The number of nitrogens with one attached hydrogen (secondary N) is 1. The monoisotopic (exact) mass is 354 g/mol. The van der Waals surface area contributed by atoms with Crippen molar-refractivity contribution in [3.8, 4) is 0 Å². The van der Waals surface area contributed by atoms with Crippen LogP contribution in [0.1, 0.15) is 33.6 Å². The molecule has 2 atom stereocenters. The fourth-order valence-electron chi connectivity index (χ4n) is 3.83. The van der Waals surface area contributed by atoms with E-state index in [1.54, 1.807) is 11.3 Å². The molecule has 1 aliphatic carbocycles. The number of carbonyl (C=O) groups excluding carboxylic acids is 2. The molecule has 1 aromatic carbocycles. The van der Waals surface area contributed by atoms with E-state index in [2.05, 4.69) is 5.32 Å². The molecule has 2 aliphatic rings. The lowest BCUT2D eigenvalue weighted by molar-refractivity contribution is -0.123. The Bertz CT molecular complexity index is 785. The number of nitrogens with zero attached hydrogens (tertiary/aromatic N) is 1. The third-order valence-corrected chi connectivity index (χ3v) is 6.37. The van der Waals surface area contributed by atoms with Crippen LogP contribution in [0.4, 0.5) is 0 Å². The van der Waals surface area contributed by atoms with E-state index in [-0.39, 0.29) is 23.1 Å². The van der Waals surface area contributed by atoms with Gasteiger partial charge in [0.25, 0.3) is 5.91 Å². The highest BCUT2D eigenvalue weighted by Crippen LogP contribution is 2.58. The average molecular weight is 354 g/mol. The van der Waals surface area contributed by atoms with Gasteiger partial charge in [-0.25, -0.2) is 0 Å². The molecular formula is C20H22N2O2S. The molecule has 2 aromatic rings. The zero-order valence-corrected chi connectivity index (χ0v) is 15.1. The van der Waals surface area contributed by atoms with E-state index >= 15 is 0 Å². The molecule has 1 spiro atoms. The van der Waals surface area contributed by atoms with Gasteiger partial charge in [-0.15, -0.1) is 11.3 Å². The molecule has 4 rings (SSSR count). The normalized spacial score (nSPS) is 24.5. The summed E-state index contributed by atoms with van der Waals surface area (Å²) >= 11 is 1.66. The molecule has 5 heteroatoms. The van der Waals surface area contributed by atoms with Crippen LogP contribution < -0.4 is 5.32 Å². The van der Waals surface area contributed by atoms with Crippen molar-refractivity contribution in [1.82, 2.24) is 10.2 Å². The van der Waals surface area contributed by atoms with Crippen molar-refractivity contribution in [1.29, 1.82) is 0 Å². The lowest BCUT2D eigenvalue weighted by atomic mass is 10.0. The summed E-state index contributed by atoms with van der Waals surface area (Å²) in [7, 11) is 0. The molecular weight excluding hydrogens is 332 g/mol. The Morgan fingerprint density at radius 1 is 1.28 bits per heavy atom. The van der Waals surface area contributed by atoms with Crippen molar-refractivity contribution in [2.75, 3.05) is 13.1 Å². The third kappa shape index (κ3) is 3.21. The van der Waals surface area contributed by atoms with Gasteiger partial charge in [0.05, 0.1) is 6.54 Å². The SMILES string of the molecule is Cc1ccc(C(=O)N2CCC3(CC3C(=O)NCc3cccs3)C2)cc1. The van der Waals surface area contributed by atoms with E-state index in [1.165, 1.54) is 4.88 Å². The quantitative estimate of drug-likeness (QED) is 0.916. The molecule has 25 heavy (non-hydrogen) atoms. The Labute approximate surface area is 151 Å². The lowest BCUT2D eigenvalue weighted by Crippen LogP contribution is -2.31. The van der Waals surface area contributed by atoms with Gasteiger partial charge in [-0.05, 0) is 43.3 Å². The molecule has 0 radical (unpaired) electrons. The molecule has 1 saturated carbocycles. The van der Waals surface area contributed by atoms with Gasteiger partial charge in [0.15, 0.2) is 0 Å². The Morgan fingerprint density at radius 3 is 2.80 bits per heavy atom. The topological polar surface area (TPSA) is 49.4 Å². The van der Waals surface area contributed by atoms with E-state index in [9.17, 15) is 9.59 Å². The average Bonchev–Trinajstić information content (AvgIpc) is 2.96. The van der Waals surface area contributed by atoms with Crippen molar-refractivity contribution in [3.63, 3.8) is 0 Å². The minimum Gasteiger partial charge on any atom is -0.351 e. The maximum atomic E-state index is 12.7. The van der Waals surface area contributed by atoms with E-state index in [1.807, 2.05) is 53.6 Å². The van der Waals surface area contributed by atoms with Gasteiger partial charge in [0.1, 0.15) is 0 Å². The summed E-state index contributed by atoms with van der Waals surface area (Å²) in [6.45, 7) is 4.08.